The standard InChI is InChI=1S/C20H14N2O2S2/c23-20-19(26-16-11-5-2-6-12-16)22(21-24-20)17-13-7-8-14-18(17)25-15-9-3-1-4-10-15/h1-14H. The second-order valence-electron chi connectivity index (χ2n) is 5.38. The van der Waals surface area contributed by atoms with Crippen molar-refractivity contribution in [2.24, 2.45) is 0 Å². The average molecular weight is 378 g/mol. The number of para-hydroxylation sites is 1. The van der Waals surface area contributed by atoms with Crippen LogP contribution in [0.5, 0.6) is 5.95 Å². The first-order valence-corrected chi connectivity index (χ1v) is 9.59. The molecule has 26 heavy (non-hydrogen) atoms. The number of hydrogen-bond acceptors (Lipinski definition) is 5. The predicted molar refractivity (Wildman–Crippen MR) is 98.6 cm³/mol. The molecule has 0 aliphatic rings. The molecule has 6 heteroatoms. The molecule has 3 aromatic carbocycles. The minimum Gasteiger partial charge on any atom is -0.538 e. The van der Waals surface area contributed by atoms with E-state index < -0.39 is 5.95 Å². The van der Waals surface area contributed by atoms with Gasteiger partial charge in [-0.25, -0.2) is 0 Å². The summed E-state index contributed by atoms with van der Waals surface area (Å²) in [7, 11) is 0. The predicted octanol–water partition coefficient (Wildman–Crippen LogP) is 4.33. The van der Waals surface area contributed by atoms with Crippen molar-refractivity contribution in [1.29, 1.82) is 0 Å². The topological polar surface area (TPSA) is 53.0 Å². The Kier molecular flexibility index (Phi) is 4.95. The molecule has 128 valence electrons. The van der Waals surface area contributed by atoms with E-state index in [-0.39, 0.29) is 0 Å². The zero-order valence-corrected chi connectivity index (χ0v) is 15.2. The molecule has 0 atom stereocenters. The fourth-order valence-corrected chi connectivity index (χ4v) is 4.22. The largest absolute Gasteiger partial charge is 0.538 e. The molecular formula is C20H14N2O2S2. The Hall–Kier alpha value is -2.70. The van der Waals surface area contributed by atoms with Crippen LogP contribution < -0.4 is 9.79 Å². The summed E-state index contributed by atoms with van der Waals surface area (Å²) in [6.07, 6.45) is 0. The monoisotopic (exact) mass is 378 g/mol. The lowest BCUT2D eigenvalue weighted by Crippen LogP contribution is -2.35. The lowest BCUT2D eigenvalue weighted by molar-refractivity contribution is -0.707. The third-order valence-electron chi connectivity index (χ3n) is 3.59. The highest BCUT2D eigenvalue weighted by molar-refractivity contribution is 7.99. The van der Waals surface area contributed by atoms with Crippen LogP contribution >= 0.6 is 23.5 Å². The van der Waals surface area contributed by atoms with Gasteiger partial charge in [-0.3, -0.25) is 0 Å². The van der Waals surface area contributed by atoms with Crippen LogP contribution in [-0.2, 0) is 0 Å². The van der Waals surface area contributed by atoms with Crippen molar-refractivity contribution in [3.8, 4) is 11.6 Å². The van der Waals surface area contributed by atoms with E-state index in [0.29, 0.717) is 5.03 Å². The smallest absolute Gasteiger partial charge is 0.302 e. The van der Waals surface area contributed by atoms with Gasteiger partial charge in [0.05, 0.1) is 10.2 Å². The number of benzene rings is 3. The third kappa shape index (κ3) is 3.61. The van der Waals surface area contributed by atoms with Gasteiger partial charge in [-0.15, -0.1) is 0 Å². The highest BCUT2D eigenvalue weighted by Gasteiger charge is 2.24. The van der Waals surface area contributed by atoms with E-state index in [2.05, 4.69) is 5.27 Å². The number of nitrogens with zero attached hydrogens (tertiary/aromatic N) is 2. The first-order chi connectivity index (χ1) is 12.8. The van der Waals surface area contributed by atoms with E-state index in [1.165, 1.54) is 11.8 Å². The molecule has 0 saturated heterocycles. The van der Waals surface area contributed by atoms with Crippen LogP contribution in [0.2, 0.25) is 0 Å². The van der Waals surface area contributed by atoms with Crippen LogP contribution in [0, 0.1) is 0 Å². The van der Waals surface area contributed by atoms with Gasteiger partial charge in [-0.05, 0) is 46.8 Å². The maximum atomic E-state index is 12.2. The molecule has 1 aromatic heterocycles. The second kappa shape index (κ2) is 7.68. The summed E-state index contributed by atoms with van der Waals surface area (Å²) in [5.41, 5.74) is 0.811. The Morgan fingerprint density at radius 3 is 2.00 bits per heavy atom. The normalized spacial score (nSPS) is 10.8. The Labute approximate surface area is 159 Å². The Balaban J connectivity index is 1.73. The molecule has 1 heterocycles. The number of hydrogen-bond donors (Lipinski definition) is 0. The van der Waals surface area contributed by atoms with Crippen molar-refractivity contribution >= 4 is 23.5 Å². The fraction of sp³-hybridized carbons (Fsp3) is 0. The molecule has 0 amide bonds. The first-order valence-electron chi connectivity index (χ1n) is 7.95. The highest BCUT2D eigenvalue weighted by Crippen LogP contribution is 2.34. The maximum Gasteiger partial charge on any atom is 0.302 e. The van der Waals surface area contributed by atoms with Crippen LogP contribution in [0.15, 0.2) is 109 Å². The van der Waals surface area contributed by atoms with Gasteiger partial charge in [0, 0.05) is 15.9 Å². The Morgan fingerprint density at radius 2 is 1.31 bits per heavy atom. The van der Waals surface area contributed by atoms with E-state index in [0.717, 1.165) is 20.4 Å². The first kappa shape index (κ1) is 16.8. The zero-order valence-electron chi connectivity index (χ0n) is 13.6. The van der Waals surface area contributed by atoms with Crippen molar-refractivity contribution < 1.29 is 14.3 Å². The SMILES string of the molecule is [O-]c1on[n+](-c2ccccc2Sc2ccccc2)c1Sc1ccccc1. The summed E-state index contributed by atoms with van der Waals surface area (Å²) < 4.78 is 6.53. The molecule has 0 radical (unpaired) electrons. The van der Waals surface area contributed by atoms with Crippen molar-refractivity contribution in [1.82, 2.24) is 5.27 Å². The fourth-order valence-electron chi connectivity index (χ4n) is 2.41. The van der Waals surface area contributed by atoms with Crippen LogP contribution in [0.4, 0.5) is 0 Å². The second-order valence-corrected chi connectivity index (χ2v) is 7.55. The Bertz CT molecular complexity index is 1000. The molecule has 0 spiro atoms. The average Bonchev–Trinajstić information content (AvgIpc) is 3.04. The van der Waals surface area contributed by atoms with Gasteiger partial charge in [-0.2, -0.15) is 0 Å². The summed E-state index contributed by atoms with van der Waals surface area (Å²) in [5, 5.41) is 16.6. The van der Waals surface area contributed by atoms with Gasteiger partial charge >= 0.3 is 5.03 Å². The van der Waals surface area contributed by atoms with Gasteiger partial charge in [0.15, 0.2) is 5.95 Å². The van der Waals surface area contributed by atoms with E-state index >= 15 is 0 Å². The van der Waals surface area contributed by atoms with E-state index in [9.17, 15) is 5.11 Å². The van der Waals surface area contributed by atoms with Crippen LogP contribution in [0.25, 0.3) is 5.69 Å². The molecule has 0 bridgehead atoms. The summed E-state index contributed by atoms with van der Waals surface area (Å²) in [5.74, 6) is -0.446. The van der Waals surface area contributed by atoms with Crippen LogP contribution in [0.3, 0.4) is 0 Å². The van der Waals surface area contributed by atoms with Gasteiger partial charge < -0.3 is 9.63 Å². The molecule has 0 saturated carbocycles. The molecule has 0 aliphatic carbocycles. The maximum absolute atomic E-state index is 12.2. The zero-order chi connectivity index (χ0) is 17.8. The quantitative estimate of drug-likeness (QED) is 0.484. The molecule has 0 aliphatic heterocycles. The molecular weight excluding hydrogens is 364 g/mol. The van der Waals surface area contributed by atoms with Gasteiger partial charge in [0.2, 0.25) is 0 Å². The minimum absolute atomic E-state index is 0.428. The molecule has 0 fully saturated rings. The lowest BCUT2D eigenvalue weighted by atomic mass is 10.3. The third-order valence-corrected chi connectivity index (χ3v) is 5.71. The van der Waals surface area contributed by atoms with Crippen molar-refractivity contribution in [2.75, 3.05) is 0 Å². The highest BCUT2D eigenvalue weighted by atomic mass is 32.2. The van der Waals surface area contributed by atoms with Crippen molar-refractivity contribution in [2.45, 2.75) is 19.7 Å². The van der Waals surface area contributed by atoms with Gasteiger partial charge in [0.25, 0.3) is 5.69 Å². The number of rotatable bonds is 5. The molecule has 4 nitrogen and oxygen atoms in total. The van der Waals surface area contributed by atoms with Crippen molar-refractivity contribution in [3.05, 3.63) is 84.9 Å². The van der Waals surface area contributed by atoms with E-state index in [1.807, 2.05) is 84.9 Å². The molecule has 0 N–H and O–H groups in total. The Morgan fingerprint density at radius 1 is 0.731 bits per heavy atom. The molecule has 4 aromatic rings. The van der Waals surface area contributed by atoms with Crippen LogP contribution in [-0.4, -0.2) is 5.27 Å². The van der Waals surface area contributed by atoms with Gasteiger partial charge in [0.1, 0.15) is 0 Å². The number of aromatic nitrogens is 2. The minimum atomic E-state index is -0.446. The molecule has 0 unspecified atom stereocenters. The van der Waals surface area contributed by atoms with Gasteiger partial charge in [-0.1, -0.05) is 60.3 Å². The summed E-state index contributed by atoms with van der Waals surface area (Å²) >= 11 is 2.96. The van der Waals surface area contributed by atoms with Crippen molar-refractivity contribution in [3.63, 3.8) is 0 Å². The summed E-state index contributed by atoms with van der Waals surface area (Å²) in [4.78, 5) is 3.06. The van der Waals surface area contributed by atoms with E-state index in [4.69, 9.17) is 4.52 Å². The lowest BCUT2D eigenvalue weighted by Gasteiger charge is -2.04. The summed E-state index contributed by atoms with van der Waals surface area (Å²) in [6.45, 7) is 0. The summed E-state index contributed by atoms with van der Waals surface area (Å²) in [6, 6.07) is 27.6. The van der Waals surface area contributed by atoms with E-state index in [1.54, 1.807) is 16.4 Å². The molecule has 4 rings (SSSR count). The van der Waals surface area contributed by atoms with Crippen LogP contribution in [0.1, 0.15) is 0 Å².